The molecule has 0 atom stereocenters. The fourth-order valence-corrected chi connectivity index (χ4v) is 2.56. The van der Waals surface area contributed by atoms with E-state index >= 15 is 0 Å². The Kier molecular flexibility index (Phi) is 2.54. The Bertz CT molecular complexity index is 594. The van der Waals surface area contributed by atoms with Crippen LogP contribution in [0.25, 0.3) is 5.76 Å². The van der Waals surface area contributed by atoms with E-state index in [1.54, 1.807) is 26.0 Å². The van der Waals surface area contributed by atoms with Crippen molar-refractivity contribution < 1.29 is 19.8 Å². The molecule has 2 rings (SSSR count). The summed E-state index contributed by atoms with van der Waals surface area (Å²) in [5, 5.41) is 19.1. The van der Waals surface area contributed by atoms with Gasteiger partial charge in [-0.05, 0) is 31.9 Å². The fourth-order valence-electron chi connectivity index (χ4n) is 2.56. The van der Waals surface area contributed by atoms with E-state index in [-0.39, 0.29) is 0 Å². The molecule has 0 spiro atoms. The van der Waals surface area contributed by atoms with E-state index in [0.29, 0.717) is 11.1 Å². The van der Waals surface area contributed by atoms with Crippen LogP contribution in [-0.4, -0.2) is 22.0 Å². The Balaban J connectivity index is 2.89. The average Bonchev–Trinajstić information content (AvgIpc) is 2.26. The first-order valence-corrected chi connectivity index (χ1v) is 5.60. The number of Topliss-reactive ketones (excluding diaryl/α,β-unsaturated/α-hetero) is 1. The maximum absolute atomic E-state index is 12.2. The number of carboxylic acid groups (broad SMARTS) is 1. The number of rotatable bonds is 1. The number of aryl methyl sites for hydroxylation is 1. The van der Waals surface area contributed by atoms with Crippen molar-refractivity contribution in [2.45, 2.75) is 26.2 Å². The molecule has 94 valence electrons. The van der Waals surface area contributed by atoms with E-state index < -0.39 is 28.5 Å². The van der Waals surface area contributed by atoms with Crippen molar-refractivity contribution in [3.05, 3.63) is 40.5 Å². The van der Waals surface area contributed by atoms with Gasteiger partial charge in [-0.3, -0.25) is 4.79 Å². The summed E-state index contributed by atoms with van der Waals surface area (Å²) in [4.78, 5) is 23.3. The van der Waals surface area contributed by atoms with Gasteiger partial charge in [-0.1, -0.05) is 18.2 Å². The van der Waals surface area contributed by atoms with Gasteiger partial charge in [0.2, 0.25) is 0 Å². The minimum absolute atomic E-state index is 0.428. The minimum Gasteiger partial charge on any atom is -0.506 e. The van der Waals surface area contributed by atoms with Crippen molar-refractivity contribution in [1.29, 1.82) is 0 Å². The molecule has 1 aliphatic carbocycles. The molecule has 1 aromatic carbocycles. The van der Waals surface area contributed by atoms with E-state index in [1.807, 2.05) is 13.0 Å². The second-order valence-electron chi connectivity index (χ2n) is 4.98. The van der Waals surface area contributed by atoms with Gasteiger partial charge in [-0.25, -0.2) is 4.79 Å². The third kappa shape index (κ3) is 1.45. The maximum Gasteiger partial charge on any atom is 0.343 e. The molecule has 1 aliphatic rings. The predicted octanol–water partition coefficient (Wildman–Crippen LogP) is 2.21. The van der Waals surface area contributed by atoms with Gasteiger partial charge in [-0.15, -0.1) is 0 Å². The lowest BCUT2D eigenvalue weighted by atomic mass is 9.69. The summed E-state index contributed by atoms with van der Waals surface area (Å²) < 4.78 is 0. The van der Waals surface area contributed by atoms with Crippen LogP contribution in [0.15, 0.2) is 23.8 Å². The Labute approximate surface area is 105 Å². The Morgan fingerprint density at radius 3 is 2.44 bits per heavy atom. The van der Waals surface area contributed by atoms with Crippen LogP contribution >= 0.6 is 0 Å². The third-order valence-corrected chi connectivity index (χ3v) is 3.40. The normalized spacial score (nSPS) is 17.6. The van der Waals surface area contributed by atoms with Crippen molar-refractivity contribution in [3.8, 4) is 0 Å². The summed E-state index contributed by atoms with van der Waals surface area (Å²) in [6, 6.07) is 5.21. The molecule has 0 saturated heterocycles. The zero-order chi connectivity index (χ0) is 13.7. The van der Waals surface area contributed by atoms with Crippen molar-refractivity contribution in [2.75, 3.05) is 0 Å². The van der Waals surface area contributed by atoms with Gasteiger partial charge >= 0.3 is 5.97 Å². The number of aliphatic hydroxyl groups excluding tert-OH is 1. The number of aliphatic hydroxyl groups is 1. The van der Waals surface area contributed by atoms with Crippen molar-refractivity contribution in [3.63, 3.8) is 0 Å². The molecule has 18 heavy (non-hydrogen) atoms. The SMILES string of the molecule is Cc1cccc2c1C(C)(C)C(=O)C(C(=O)O)=C2O. The number of ketones is 1. The van der Waals surface area contributed by atoms with E-state index in [1.165, 1.54) is 0 Å². The first-order valence-electron chi connectivity index (χ1n) is 5.60. The predicted molar refractivity (Wildman–Crippen MR) is 66.4 cm³/mol. The lowest BCUT2D eigenvalue weighted by Crippen LogP contribution is -2.38. The number of carboxylic acids is 1. The summed E-state index contributed by atoms with van der Waals surface area (Å²) in [5.74, 6) is -2.39. The van der Waals surface area contributed by atoms with Crippen LogP contribution in [0.2, 0.25) is 0 Å². The topological polar surface area (TPSA) is 74.6 Å². The standard InChI is InChI=1S/C14H14O4/c1-7-5-4-6-8-10(7)14(2,3)12(16)9(11(8)15)13(17)18/h4-6,15H,1-3H3,(H,17,18). The molecule has 0 fully saturated rings. The first-order chi connectivity index (χ1) is 8.28. The van der Waals surface area contributed by atoms with Crippen LogP contribution in [0, 0.1) is 6.92 Å². The summed E-state index contributed by atoms with van der Waals surface area (Å²) in [7, 11) is 0. The van der Waals surface area contributed by atoms with E-state index in [4.69, 9.17) is 5.11 Å². The van der Waals surface area contributed by atoms with E-state index in [9.17, 15) is 14.7 Å². The summed E-state index contributed by atoms with van der Waals surface area (Å²) in [6.07, 6.45) is 0. The molecule has 0 radical (unpaired) electrons. The van der Waals surface area contributed by atoms with Crippen molar-refractivity contribution >= 4 is 17.5 Å². The minimum atomic E-state index is -1.39. The van der Waals surface area contributed by atoms with Gasteiger partial charge in [0.05, 0.1) is 5.41 Å². The highest BCUT2D eigenvalue weighted by Gasteiger charge is 2.43. The molecule has 2 N–H and O–H groups in total. The molecule has 0 saturated carbocycles. The number of hydrogen-bond acceptors (Lipinski definition) is 3. The maximum atomic E-state index is 12.2. The zero-order valence-corrected chi connectivity index (χ0v) is 10.4. The lowest BCUT2D eigenvalue weighted by Gasteiger charge is -2.32. The van der Waals surface area contributed by atoms with Gasteiger partial charge in [0.15, 0.2) is 5.78 Å². The molecule has 0 heterocycles. The number of benzene rings is 1. The number of carbonyl (C=O) groups is 2. The zero-order valence-electron chi connectivity index (χ0n) is 10.4. The molecule has 0 bridgehead atoms. The van der Waals surface area contributed by atoms with E-state index in [0.717, 1.165) is 5.56 Å². The molecule has 0 unspecified atom stereocenters. The largest absolute Gasteiger partial charge is 0.506 e. The molecule has 0 aromatic heterocycles. The highest BCUT2D eigenvalue weighted by Crippen LogP contribution is 2.40. The van der Waals surface area contributed by atoms with Crippen LogP contribution in [0.3, 0.4) is 0 Å². The molecule has 0 aliphatic heterocycles. The third-order valence-electron chi connectivity index (χ3n) is 3.40. The van der Waals surface area contributed by atoms with Crippen LogP contribution in [0.5, 0.6) is 0 Å². The lowest BCUT2D eigenvalue weighted by molar-refractivity contribution is -0.135. The van der Waals surface area contributed by atoms with Crippen molar-refractivity contribution in [2.24, 2.45) is 0 Å². The molecular weight excluding hydrogens is 232 g/mol. The van der Waals surface area contributed by atoms with Crippen LogP contribution in [-0.2, 0) is 15.0 Å². The number of aliphatic carboxylic acids is 1. The van der Waals surface area contributed by atoms with Crippen molar-refractivity contribution in [1.82, 2.24) is 0 Å². The number of hydrogen-bond donors (Lipinski definition) is 2. The number of fused-ring (bicyclic) bond motifs is 1. The molecule has 4 nitrogen and oxygen atoms in total. The van der Waals surface area contributed by atoms with Gasteiger partial charge in [0.25, 0.3) is 0 Å². The fraction of sp³-hybridized carbons (Fsp3) is 0.286. The molecule has 1 aromatic rings. The van der Waals surface area contributed by atoms with Gasteiger partial charge in [0.1, 0.15) is 11.3 Å². The smallest absolute Gasteiger partial charge is 0.343 e. The molecule has 4 heteroatoms. The number of carbonyl (C=O) groups excluding carboxylic acids is 1. The first kappa shape index (κ1) is 12.4. The Morgan fingerprint density at radius 1 is 1.28 bits per heavy atom. The van der Waals surface area contributed by atoms with Crippen LogP contribution in [0.1, 0.15) is 30.5 Å². The second kappa shape index (κ2) is 3.70. The van der Waals surface area contributed by atoms with Gasteiger partial charge < -0.3 is 10.2 Å². The quantitative estimate of drug-likeness (QED) is 0.745. The summed E-state index contributed by atoms with van der Waals surface area (Å²) in [6.45, 7) is 5.19. The van der Waals surface area contributed by atoms with Crippen LogP contribution < -0.4 is 0 Å². The highest BCUT2D eigenvalue weighted by atomic mass is 16.4. The second-order valence-corrected chi connectivity index (χ2v) is 4.98. The molecular formula is C14H14O4. The molecule has 0 amide bonds. The Morgan fingerprint density at radius 2 is 1.89 bits per heavy atom. The highest BCUT2D eigenvalue weighted by molar-refractivity contribution is 6.26. The Hall–Kier alpha value is -2.10. The van der Waals surface area contributed by atoms with Gasteiger partial charge in [0, 0.05) is 5.56 Å². The van der Waals surface area contributed by atoms with E-state index in [2.05, 4.69) is 0 Å². The summed E-state index contributed by atoms with van der Waals surface area (Å²) in [5.41, 5.74) is 0.509. The average molecular weight is 246 g/mol. The van der Waals surface area contributed by atoms with Gasteiger partial charge in [-0.2, -0.15) is 0 Å². The van der Waals surface area contributed by atoms with Crippen LogP contribution in [0.4, 0.5) is 0 Å². The summed E-state index contributed by atoms with van der Waals surface area (Å²) >= 11 is 0. The monoisotopic (exact) mass is 246 g/mol.